The Kier molecular flexibility index (Phi) is 6.06. The number of anilines is 1. The van der Waals surface area contributed by atoms with Crippen LogP contribution in [0.3, 0.4) is 0 Å². The summed E-state index contributed by atoms with van der Waals surface area (Å²) in [5.74, 6) is 0. The molecule has 20 heavy (non-hydrogen) atoms. The third-order valence-corrected chi connectivity index (χ3v) is 3.38. The highest BCUT2D eigenvalue weighted by Crippen LogP contribution is 2.10. The molecule has 2 aromatic rings. The van der Waals surface area contributed by atoms with E-state index in [4.69, 9.17) is 0 Å². The predicted octanol–water partition coefficient (Wildman–Crippen LogP) is 2.74. The van der Waals surface area contributed by atoms with Crippen LogP contribution in [0.2, 0.25) is 0 Å². The second-order valence-corrected chi connectivity index (χ2v) is 4.97. The molecule has 0 aliphatic rings. The van der Waals surface area contributed by atoms with E-state index in [9.17, 15) is 0 Å². The van der Waals surface area contributed by atoms with Gasteiger partial charge in [-0.1, -0.05) is 18.2 Å². The maximum atomic E-state index is 4.03. The molecule has 2 rings (SSSR count). The van der Waals surface area contributed by atoms with E-state index in [0.717, 1.165) is 32.5 Å². The van der Waals surface area contributed by atoms with Gasteiger partial charge < -0.3 is 10.2 Å². The molecule has 1 aromatic carbocycles. The molecule has 0 aliphatic carbocycles. The molecule has 0 saturated heterocycles. The number of benzene rings is 1. The maximum Gasteiger partial charge on any atom is 0.0363 e. The van der Waals surface area contributed by atoms with Gasteiger partial charge in [-0.3, -0.25) is 4.98 Å². The second-order valence-electron chi connectivity index (χ2n) is 4.97. The Morgan fingerprint density at radius 1 is 1.00 bits per heavy atom. The molecule has 3 nitrogen and oxygen atoms in total. The van der Waals surface area contributed by atoms with Crippen molar-refractivity contribution in [3.63, 3.8) is 0 Å². The Balaban J connectivity index is 1.56. The van der Waals surface area contributed by atoms with Crippen LogP contribution in [0.5, 0.6) is 0 Å². The standard InChI is InChI=1S/C17H23N3/c1-20(17-6-3-2-4-7-17)15-5-11-18-12-8-16-9-13-19-14-10-16/h2-4,6-7,9-10,13-14,18H,5,8,11-12,15H2,1H3. The van der Waals surface area contributed by atoms with Crippen LogP contribution in [0, 0.1) is 0 Å². The summed E-state index contributed by atoms with van der Waals surface area (Å²) in [6.45, 7) is 3.16. The van der Waals surface area contributed by atoms with E-state index in [1.54, 1.807) is 0 Å². The zero-order valence-corrected chi connectivity index (χ0v) is 12.1. The molecule has 0 atom stereocenters. The third-order valence-electron chi connectivity index (χ3n) is 3.38. The quantitative estimate of drug-likeness (QED) is 0.747. The van der Waals surface area contributed by atoms with Crippen LogP contribution in [-0.4, -0.2) is 31.7 Å². The first-order valence-electron chi connectivity index (χ1n) is 7.22. The van der Waals surface area contributed by atoms with Crippen molar-refractivity contribution in [2.45, 2.75) is 12.8 Å². The van der Waals surface area contributed by atoms with Crippen LogP contribution in [-0.2, 0) is 6.42 Å². The zero-order valence-electron chi connectivity index (χ0n) is 12.1. The van der Waals surface area contributed by atoms with E-state index < -0.39 is 0 Å². The summed E-state index contributed by atoms with van der Waals surface area (Å²) < 4.78 is 0. The molecular formula is C17H23N3. The number of aromatic nitrogens is 1. The van der Waals surface area contributed by atoms with Gasteiger partial charge in [-0.2, -0.15) is 0 Å². The number of hydrogen-bond donors (Lipinski definition) is 1. The fourth-order valence-electron chi connectivity index (χ4n) is 2.16. The smallest absolute Gasteiger partial charge is 0.0363 e. The minimum absolute atomic E-state index is 1.03. The first-order chi connectivity index (χ1) is 9.86. The minimum atomic E-state index is 1.03. The number of nitrogens with one attached hydrogen (secondary N) is 1. The first-order valence-corrected chi connectivity index (χ1v) is 7.22. The molecule has 106 valence electrons. The summed E-state index contributed by atoms with van der Waals surface area (Å²) in [4.78, 5) is 6.32. The van der Waals surface area contributed by atoms with Gasteiger partial charge in [0.05, 0.1) is 0 Å². The minimum Gasteiger partial charge on any atom is -0.375 e. The van der Waals surface area contributed by atoms with Crippen molar-refractivity contribution in [2.75, 3.05) is 31.6 Å². The average molecular weight is 269 g/mol. The van der Waals surface area contributed by atoms with Gasteiger partial charge in [0.2, 0.25) is 0 Å². The van der Waals surface area contributed by atoms with Crippen LogP contribution < -0.4 is 10.2 Å². The molecule has 0 spiro atoms. The highest BCUT2D eigenvalue weighted by molar-refractivity contribution is 5.44. The third kappa shape index (κ3) is 5.02. The summed E-state index contributed by atoms with van der Waals surface area (Å²) in [5.41, 5.74) is 2.62. The summed E-state index contributed by atoms with van der Waals surface area (Å²) in [6.07, 6.45) is 5.92. The molecule has 1 N–H and O–H groups in total. The number of hydrogen-bond acceptors (Lipinski definition) is 3. The van der Waals surface area contributed by atoms with Crippen LogP contribution >= 0.6 is 0 Å². The fraction of sp³-hybridized carbons (Fsp3) is 0.353. The Labute approximate surface area is 121 Å². The largest absolute Gasteiger partial charge is 0.375 e. The van der Waals surface area contributed by atoms with Crippen LogP contribution in [0.4, 0.5) is 5.69 Å². The Hall–Kier alpha value is -1.87. The van der Waals surface area contributed by atoms with Crippen molar-refractivity contribution in [1.29, 1.82) is 0 Å². The summed E-state index contributed by atoms with van der Waals surface area (Å²) in [6, 6.07) is 14.7. The molecular weight excluding hydrogens is 246 g/mol. The van der Waals surface area contributed by atoms with Gasteiger partial charge in [0.15, 0.2) is 0 Å². The number of rotatable bonds is 8. The normalized spacial score (nSPS) is 10.4. The second kappa shape index (κ2) is 8.33. The van der Waals surface area contributed by atoms with E-state index >= 15 is 0 Å². The van der Waals surface area contributed by atoms with Crippen molar-refractivity contribution in [1.82, 2.24) is 10.3 Å². The Morgan fingerprint density at radius 3 is 2.50 bits per heavy atom. The number of para-hydroxylation sites is 1. The molecule has 0 fully saturated rings. The Morgan fingerprint density at radius 2 is 1.75 bits per heavy atom. The monoisotopic (exact) mass is 269 g/mol. The van der Waals surface area contributed by atoms with Crippen LogP contribution in [0.15, 0.2) is 54.9 Å². The molecule has 3 heteroatoms. The molecule has 0 amide bonds. The van der Waals surface area contributed by atoms with Gasteiger partial charge in [-0.25, -0.2) is 0 Å². The van der Waals surface area contributed by atoms with E-state index in [1.807, 2.05) is 12.4 Å². The summed E-state index contributed by atoms with van der Waals surface area (Å²) in [5, 5.41) is 3.49. The lowest BCUT2D eigenvalue weighted by molar-refractivity contribution is 0.644. The molecule has 0 unspecified atom stereocenters. The highest BCUT2D eigenvalue weighted by Gasteiger charge is 1.98. The van der Waals surface area contributed by atoms with Crippen molar-refractivity contribution >= 4 is 5.69 Å². The van der Waals surface area contributed by atoms with Gasteiger partial charge in [0, 0.05) is 31.7 Å². The van der Waals surface area contributed by atoms with Crippen molar-refractivity contribution in [2.24, 2.45) is 0 Å². The highest BCUT2D eigenvalue weighted by atomic mass is 15.1. The lowest BCUT2D eigenvalue weighted by Crippen LogP contribution is -2.25. The lowest BCUT2D eigenvalue weighted by Gasteiger charge is -2.19. The van der Waals surface area contributed by atoms with Gasteiger partial charge >= 0.3 is 0 Å². The van der Waals surface area contributed by atoms with E-state index in [0.29, 0.717) is 0 Å². The molecule has 1 heterocycles. The van der Waals surface area contributed by atoms with Crippen LogP contribution in [0.25, 0.3) is 0 Å². The van der Waals surface area contributed by atoms with Crippen molar-refractivity contribution in [3.05, 3.63) is 60.4 Å². The van der Waals surface area contributed by atoms with Crippen molar-refractivity contribution in [3.8, 4) is 0 Å². The van der Waals surface area contributed by atoms with Gasteiger partial charge in [0.1, 0.15) is 0 Å². The molecule has 0 radical (unpaired) electrons. The molecule has 0 saturated carbocycles. The molecule has 1 aromatic heterocycles. The lowest BCUT2D eigenvalue weighted by atomic mass is 10.2. The van der Waals surface area contributed by atoms with E-state index in [2.05, 4.69) is 64.7 Å². The summed E-state index contributed by atoms with van der Waals surface area (Å²) in [7, 11) is 2.15. The fourth-order valence-corrected chi connectivity index (χ4v) is 2.16. The van der Waals surface area contributed by atoms with E-state index in [-0.39, 0.29) is 0 Å². The maximum absolute atomic E-state index is 4.03. The Bertz CT molecular complexity index is 470. The van der Waals surface area contributed by atoms with E-state index in [1.165, 1.54) is 11.3 Å². The molecule has 0 bridgehead atoms. The zero-order chi connectivity index (χ0) is 14.0. The number of nitrogens with zero attached hydrogens (tertiary/aromatic N) is 2. The predicted molar refractivity (Wildman–Crippen MR) is 85.1 cm³/mol. The average Bonchev–Trinajstić information content (AvgIpc) is 2.52. The van der Waals surface area contributed by atoms with Gasteiger partial charge in [0.25, 0.3) is 0 Å². The van der Waals surface area contributed by atoms with Crippen molar-refractivity contribution < 1.29 is 0 Å². The SMILES string of the molecule is CN(CCCNCCc1ccncc1)c1ccccc1. The first kappa shape index (κ1) is 14.5. The van der Waals surface area contributed by atoms with Gasteiger partial charge in [-0.15, -0.1) is 0 Å². The number of pyridine rings is 1. The molecule has 0 aliphatic heterocycles. The summed E-state index contributed by atoms with van der Waals surface area (Å²) >= 11 is 0. The topological polar surface area (TPSA) is 28.2 Å². The van der Waals surface area contributed by atoms with Crippen LogP contribution in [0.1, 0.15) is 12.0 Å². The van der Waals surface area contributed by atoms with Gasteiger partial charge in [-0.05, 0) is 55.8 Å².